The van der Waals surface area contributed by atoms with Crippen molar-refractivity contribution in [3.05, 3.63) is 0 Å². The molecule has 11 heavy (non-hydrogen) atoms. The van der Waals surface area contributed by atoms with E-state index in [1.807, 2.05) is 0 Å². The number of hydrogen-bond donors (Lipinski definition) is 2. The first kappa shape index (κ1) is 9.87. The molecule has 0 spiro atoms. The van der Waals surface area contributed by atoms with Gasteiger partial charge in [-0.25, -0.2) is 4.39 Å². The highest BCUT2D eigenvalue weighted by atomic mass is 19.1. The normalized spacial score (nSPS) is 9.18. The lowest BCUT2D eigenvalue weighted by atomic mass is 10.3. The van der Waals surface area contributed by atoms with Crippen molar-refractivity contribution >= 4 is 11.8 Å². The van der Waals surface area contributed by atoms with E-state index in [0.29, 0.717) is 0 Å². The number of nitrogens with two attached hydrogens (primary N) is 1. The number of halogens is 1. The SMILES string of the molecule is NC(=O)CCC(=O)NCCF. The standard InChI is InChI=1S/C6H11FN2O2/c7-3-4-9-6(11)2-1-5(8)10/h1-4H2,(H2,8,10)(H,9,11). The number of carbonyl (C=O) groups excluding carboxylic acids is 2. The Balaban J connectivity index is 3.30. The average Bonchev–Trinajstić information content (AvgIpc) is 1.97. The number of alkyl halides is 1. The third-order valence-electron chi connectivity index (χ3n) is 1.02. The zero-order chi connectivity index (χ0) is 8.69. The molecular weight excluding hydrogens is 151 g/mol. The first-order chi connectivity index (χ1) is 5.16. The van der Waals surface area contributed by atoms with Crippen molar-refractivity contribution in [2.24, 2.45) is 5.73 Å². The molecule has 0 aliphatic carbocycles. The Hall–Kier alpha value is -1.13. The van der Waals surface area contributed by atoms with Gasteiger partial charge in [0.1, 0.15) is 6.67 Å². The number of hydrogen-bond acceptors (Lipinski definition) is 2. The maximum absolute atomic E-state index is 11.4. The van der Waals surface area contributed by atoms with Crippen LogP contribution in [-0.2, 0) is 9.59 Å². The third kappa shape index (κ3) is 6.76. The molecule has 0 rings (SSSR count). The molecule has 0 saturated heterocycles. The number of carbonyl (C=O) groups is 2. The fraction of sp³-hybridized carbons (Fsp3) is 0.667. The van der Waals surface area contributed by atoms with E-state index >= 15 is 0 Å². The van der Waals surface area contributed by atoms with Gasteiger partial charge in [-0.1, -0.05) is 0 Å². The van der Waals surface area contributed by atoms with Crippen molar-refractivity contribution in [2.75, 3.05) is 13.2 Å². The minimum absolute atomic E-state index is 0.00239. The van der Waals surface area contributed by atoms with E-state index in [1.54, 1.807) is 0 Å². The monoisotopic (exact) mass is 162 g/mol. The molecule has 64 valence electrons. The maximum atomic E-state index is 11.4. The number of rotatable bonds is 5. The molecule has 0 aliphatic heterocycles. The highest BCUT2D eigenvalue weighted by Crippen LogP contribution is 1.86. The highest BCUT2D eigenvalue weighted by molar-refractivity contribution is 5.82. The fourth-order valence-electron chi connectivity index (χ4n) is 0.512. The zero-order valence-corrected chi connectivity index (χ0v) is 6.10. The Bertz CT molecular complexity index is 150. The molecule has 5 heteroatoms. The lowest BCUT2D eigenvalue weighted by Crippen LogP contribution is -2.26. The molecule has 3 N–H and O–H groups in total. The van der Waals surface area contributed by atoms with Gasteiger partial charge in [-0.05, 0) is 0 Å². The lowest BCUT2D eigenvalue weighted by molar-refractivity contribution is -0.125. The molecular formula is C6H11FN2O2. The van der Waals surface area contributed by atoms with Gasteiger partial charge in [0.25, 0.3) is 0 Å². The van der Waals surface area contributed by atoms with Crippen LogP contribution in [0.5, 0.6) is 0 Å². The summed E-state index contributed by atoms with van der Waals surface area (Å²) in [5.74, 6) is -0.873. The number of amides is 2. The van der Waals surface area contributed by atoms with E-state index in [4.69, 9.17) is 5.73 Å². The third-order valence-corrected chi connectivity index (χ3v) is 1.02. The highest BCUT2D eigenvalue weighted by Gasteiger charge is 2.01. The van der Waals surface area contributed by atoms with Crippen LogP contribution in [0.4, 0.5) is 4.39 Å². The molecule has 0 aromatic heterocycles. The molecule has 0 atom stereocenters. The van der Waals surface area contributed by atoms with Crippen LogP contribution in [-0.4, -0.2) is 25.0 Å². The molecule has 0 aromatic rings. The van der Waals surface area contributed by atoms with E-state index in [0.717, 1.165) is 0 Å². The van der Waals surface area contributed by atoms with E-state index < -0.39 is 12.6 Å². The summed E-state index contributed by atoms with van der Waals surface area (Å²) in [6.07, 6.45) is 0.0491. The van der Waals surface area contributed by atoms with E-state index in [2.05, 4.69) is 5.32 Å². The van der Waals surface area contributed by atoms with Crippen LogP contribution in [0.2, 0.25) is 0 Å². The Morgan fingerprint density at radius 3 is 2.45 bits per heavy atom. The summed E-state index contributed by atoms with van der Waals surface area (Å²) < 4.78 is 11.4. The molecule has 4 nitrogen and oxygen atoms in total. The summed E-state index contributed by atoms with van der Waals surface area (Å²) in [5.41, 5.74) is 4.78. The second kappa shape index (κ2) is 5.64. The van der Waals surface area contributed by atoms with Crippen molar-refractivity contribution in [3.8, 4) is 0 Å². The largest absolute Gasteiger partial charge is 0.370 e. The minimum atomic E-state index is -0.595. The Morgan fingerprint density at radius 1 is 1.36 bits per heavy atom. The van der Waals surface area contributed by atoms with Crippen LogP contribution in [0, 0.1) is 0 Å². The van der Waals surface area contributed by atoms with Gasteiger partial charge in [-0.3, -0.25) is 9.59 Å². The fourth-order valence-corrected chi connectivity index (χ4v) is 0.512. The first-order valence-corrected chi connectivity index (χ1v) is 3.27. The average molecular weight is 162 g/mol. The maximum Gasteiger partial charge on any atom is 0.220 e. The number of nitrogens with one attached hydrogen (secondary N) is 1. The first-order valence-electron chi connectivity index (χ1n) is 3.27. The van der Waals surface area contributed by atoms with Crippen molar-refractivity contribution in [1.29, 1.82) is 0 Å². The molecule has 0 radical (unpaired) electrons. The van der Waals surface area contributed by atoms with Crippen molar-refractivity contribution in [3.63, 3.8) is 0 Å². The Morgan fingerprint density at radius 2 is 2.00 bits per heavy atom. The van der Waals surface area contributed by atoms with Gasteiger partial charge in [0, 0.05) is 19.4 Å². The molecule has 0 aromatic carbocycles. The van der Waals surface area contributed by atoms with Gasteiger partial charge >= 0.3 is 0 Å². The summed E-state index contributed by atoms with van der Waals surface area (Å²) in [6.45, 7) is -0.597. The van der Waals surface area contributed by atoms with Crippen LogP contribution >= 0.6 is 0 Å². The molecule has 0 aliphatic rings. The van der Waals surface area contributed by atoms with Gasteiger partial charge in [0.15, 0.2) is 0 Å². The summed E-state index contributed by atoms with van der Waals surface area (Å²) in [5, 5.41) is 2.27. The number of primary amides is 1. The van der Waals surface area contributed by atoms with Gasteiger partial charge in [-0.15, -0.1) is 0 Å². The zero-order valence-electron chi connectivity index (χ0n) is 6.10. The summed E-state index contributed by atoms with van der Waals surface area (Å²) >= 11 is 0. The van der Waals surface area contributed by atoms with E-state index in [-0.39, 0.29) is 25.3 Å². The van der Waals surface area contributed by atoms with Crippen molar-refractivity contribution < 1.29 is 14.0 Å². The predicted molar refractivity (Wildman–Crippen MR) is 37.4 cm³/mol. The minimum Gasteiger partial charge on any atom is -0.370 e. The van der Waals surface area contributed by atoms with E-state index in [1.165, 1.54) is 0 Å². The van der Waals surface area contributed by atoms with Crippen molar-refractivity contribution in [1.82, 2.24) is 5.32 Å². The molecule has 0 fully saturated rings. The van der Waals surface area contributed by atoms with Crippen LogP contribution < -0.4 is 11.1 Å². The Kier molecular flexibility index (Phi) is 5.06. The summed E-state index contributed by atoms with van der Waals surface area (Å²) in [4.78, 5) is 20.8. The van der Waals surface area contributed by atoms with Gasteiger partial charge < -0.3 is 11.1 Å². The Labute approximate surface area is 63.9 Å². The predicted octanol–water partition coefficient (Wildman–Crippen LogP) is -0.662. The lowest BCUT2D eigenvalue weighted by Gasteiger charge is -1.99. The smallest absolute Gasteiger partial charge is 0.220 e. The van der Waals surface area contributed by atoms with Crippen LogP contribution in [0.1, 0.15) is 12.8 Å². The van der Waals surface area contributed by atoms with Gasteiger partial charge in [0.05, 0.1) is 0 Å². The molecule has 0 heterocycles. The molecule has 0 saturated carbocycles. The molecule has 2 amide bonds. The van der Waals surface area contributed by atoms with Gasteiger partial charge in [-0.2, -0.15) is 0 Å². The molecule has 0 bridgehead atoms. The second-order valence-electron chi connectivity index (χ2n) is 2.01. The van der Waals surface area contributed by atoms with Gasteiger partial charge in [0.2, 0.25) is 11.8 Å². The second-order valence-corrected chi connectivity index (χ2v) is 2.01. The van der Waals surface area contributed by atoms with Crippen LogP contribution in [0.3, 0.4) is 0 Å². The molecule has 0 unspecified atom stereocenters. The topological polar surface area (TPSA) is 72.2 Å². The summed E-state index contributed by atoms with van der Waals surface area (Å²) in [6, 6.07) is 0. The van der Waals surface area contributed by atoms with Crippen LogP contribution in [0.25, 0.3) is 0 Å². The van der Waals surface area contributed by atoms with Crippen molar-refractivity contribution in [2.45, 2.75) is 12.8 Å². The van der Waals surface area contributed by atoms with Crippen LogP contribution in [0.15, 0.2) is 0 Å². The summed E-state index contributed by atoms with van der Waals surface area (Å²) in [7, 11) is 0. The van der Waals surface area contributed by atoms with E-state index in [9.17, 15) is 14.0 Å². The quantitative estimate of drug-likeness (QED) is 0.563.